The Balaban J connectivity index is 1.65. The Morgan fingerprint density at radius 2 is 1.58 bits per heavy atom. The number of carbonyl (C=O) groups is 1. The van der Waals surface area contributed by atoms with Crippen molar-refractivity contribution in [2.75, 3.05) is 27.3 Å². The maximum atomic E-state index is 13.4. The Bertz CT molecular complexity index is 1060. The van der Waals surface area contributed by atoms with Crippen LogP contribution in [0.2, 0.25) is 0 Å². The van der Waals surface area contributed by atoms with Gasteiger partial charge in [-0.3, -0.25) is 4.79 Å². The Morgan fingerprint density at radius 1 is 0.970 bits per heavy atom. The van der Waals surface area contributed by atoms with Crippen LogP contribution in [0.25, 0.3) is 0 Å². The first-order valence-electron chi connectivity index (χ1n) is 11.3. The number of nitrogens with one attached hydrogen (secondary N) is 1. The van der Waals surface area contributed by atoms with Crippen molar-refractivity contribution >= 4 is 15.9 Å². The van der Waals surface area contributed by atoms with Gasteiger partial charge in [0, 0.05) is 19.0 Å². The molecule has 33 heavy (non-hydrogen) atoms. The van der Waals surface area contributed by atoms with Gasteiger partial charge in [-0.05, 0) is 61.1 Å². The average Bonchev–Trinajstić information content (AvgIpc) is 2.83. The van der Waals surface area contributed by atoms with E-state index in [9.17, 15) is 13.2 Å². The van der Waals surface area contributed by atoms with E-state index in [0.29, 0.717) is 31.7 Å². The SMILES string of the molecule is COc1ccc(C(C)NC(=O)C2CCN(S(=O)(=O)c3cc(C(C)C)ccc3OC)CC2)cc1. The number of hydrogen-bond acceptors (Lipinski definition) is 5. The van der Waals surface area contributed by atoms with Crippen molar-refractivity contribution in [1.29, 1.82) is 0 Å². The fourth-order valence-electron chi connectivity index (χ4n) is 4.06. The third kappa shape index (κ3) is 5.68. The molecule has 1 saturated heterocycles. The molecule has 1 aliphatic rings. The predicted molar refractivity (Wildman–Crippen MR) is 128 cm³/mol. The molecule has 0 saturated carbocycles. The summed E-state index contributed by atoms with van der Waals surface area (Å²) in [6, 6.07) is 12.7. The molecule has 1 unspecified atom stereocenters. The maximum Gasteiger partial charge on any atom is 0.246 e. The number of piperidine rings is 1. The first kappa shape index (κ1) is 25.1. The molecule has 3 rings (SSSR count). The number of hydrogen-bond donors (Lipinski definition) is 1. The van der Waals surface area contributed by atoms with Crippen LogP contribution >= 0.6 is 0 Å². The van der Waals surface area contributed by atoms with Crippen LogP contribution in [0.3, 0.4) is 0 Å². The summed E-state index contributed by atoms with van der Waals surface area (Å²) in [5.74, 6) is 1.04. The van der Waals surface area contributed by atoms with Crippen LogP contribution in [0.1, 0.15) is 56.7 Å². The zero-order valence-corrected chi connectivity index (χ0v) is 20.8. The molecule has 0 bridgehead atoms. The lowest BCUT2D eigenvalue weighted by Gasteiger charge is -2.31. The van der Waals surface area contributed by atoms with Gasteiger partial charge < -0.3 is 14.8 Å². The average molecular weight is 475 g/mol. The van der Waals surface area contributed by atoms with Crippen LogP contribution in [0.4, 0.5) is 0 Å². The summed E-state index contributed by atoms with van der Waals surface area (Å²) in [6.07, 6.45) is 0.958. The Hall–Kier alpha value is -2.58. The molecule has 0 radical (unpaired) electrons. The zero-order chi connectivity index (χ0) is 24.2. The van der Waals surface area contributed by atoms with Gasteiger partial charge in [0.1, 0.15) is 16.4 Å². The second-order valence-corrected chi connectivity index (χ2v) is 10.7. The quantitative estimate of drug-likeness (QED) is 0.623. The first-order valence-corrected chi connectivity index (χ1v) is 12.7. The third-order valence-electron chi connectivity index (χ3n) is 6.27. The van der Waals surface area contributed by atoms with Crippen LogP contribution in [0, 0.1) is 5.92 Å². The molecule has 180 valence electrons. The van der Waals surface area contributed by atoms with E-state index in [4.69, 9.17) is 9.47 Å². The lowest BCUT2D eigenvalue weighted by Crippen LogP contribution is -2.43. The van der Waals surface area contributed by atoms with Gasteiger partial charge in [-0.1, -0.05) is 32.0 Å². The van der Waals surface area contributed by atoms with E-state index in [0.717, 1.165) is 16.9 Å². The van der Waals surface area contributed by atoms with E-state index >= 15 is 0 Å². The fourth-order valence-corrected chi connectivity index (χ4v) is 5.72. The molecule has 1 heterocycles. The first-order chi connectivity index (χ1) is 15.7. The van der Waals surface area contributed by atoms with Crippen molar-refractivity contribution in [3.8, 4) is 11.5 Å². The zero-order valence-electron chi connectivity index (χ0n) is 20.0. The molecule has 1 atom stereocenters. The van der Waals surface area contributed by atoms with Crippen molar-refractivity contribution in [2.45, 2.75) is 50.5 Å². The minimum absolute atomic E-state index is 0.0465. The number of benzene rings is 2. The number of ether oxygens (including phenoxy) is 2. The molecule has 0 spiro atoms. The predicted octanol–water partition coefficient (Wildman–Crippen LogP) is 4.11. The van der Waals surface area contributed by atoms with Crippen molar-refractivity contribution in [1.82, 2.24) is 9.62 Å². The van der Waals surface area contributed by atoms with Gasteiger partial charge in [-0.2, -0.15) is 4.31 Å². The van der Waals surface area contributed by atoms with Gasteiger partial charge in [0.05, 0.1) is 20.3 Å². The summed E-state index contributed by atoms with van der Waals surface area (Å²) in [4.78, 5) is 13.0. The smallest absolute Gasteiger partial charge is 0.246 e. The highest BCUT2D eigenvalue weighted by atomic mass is 32.2. The van der Waals surface area contributed by atoms with Crippen LogP contribution in [-0.2, 0) is 14.8 Å². The number of nitrogens with zero attached hydrogens (tertiary/aromatic N) is 1. The molecule has 1 amide bonds. The monoisotopic (exact) mass is 474 g/mol. The summed E-state index contributed by atoms with van der Waals surface area (Å²) in [5, 5.41) is 3.06. The molecule has 7 nitrogen and oxygen atoms in total. The minimum atomic E-state index is -3.72. The van der Waals surface area contributed by atoms with E-state index in [-0.39, 0.29) is 28.7 Å². The normalized spacial score (nSPS) is 16.4. The second kappa shape index (κ2) is 10.6. The van der Waals surface area contributed by atoms with Crippen molar-refractivity contribution in [3.05, 3.63) is 53.6 Å². The molecule has 1 N–H and O–H groups in total. The van der Waals surface area contributed by atoms with E-state index < -0.39 is 10.0 Å². The summed E-state index contributed by atoms with van der Waals surface area (Å²) in [7, 11) is -0.627. The number of rotatable bonds is 8. The molecular formula is C25H34N2O5S. The van der Waals surface area contributed by atoms with Crippen LogP contribution in [-0.4, -0.2) is 45.9 Å². The third-order valence-corrected chi connectivity index (χ3v) is 8.19. The van der Waals surface area contributed by atoms with Crippen molar-refractivity contribution < 1.29 is 22.7 Å². The number of amides is 1. The lowest BCUT2D eigenvalue weighted by molar-refractivity contribution is -0.126. The molecule has 2 aromatic carbocycles. The van der Waals surface area contributed by atoms with E-state index in [1.165, 1.54) is 11.4 Å². The molecule has 1 fully saturated rings. The summed E-state index contributed by atoms with van der Waals surface area (Å²) < 4.78 is 38.7. The largest absolute Gasteiger partial charge is 0.497 e. The number of sulfonamides is 1. The van der Waals surface area contributed by atoms with Gasteiger partial charge in [0.25, 0.3) is 0 Å². The molecule has 8 heteroatoms. The van der Waals surface area contributed by atoms with Crippen molar-refractivity contribution in [3.63, 3.8) is 0 Å². The highest BCUT2D eigenvalue weighted by Gasteiger charge is 2.34. The summed E-state index contributed by atoms with van der Waals surface area (Å²) in [6.45, 7) is 6.58. The molecular weight excluding hydrogens is 440 g/mol. The van der Waals surface area contributed by atoms with Gasteiger partial charge in [0.15, 0.2) is 0 Å². The standard InChI is InChI=1S/C25H34N2O5S/c1-17(2)21-8-11-23(32-5)24(16-21)33(29,30)27-14-12-20(13-15-27)25(28)26-18(3)19-6-9-22(31-4)10-7-19/h6-11,16-18,20H,12-15H2,1-5H3,(H,26,28). The van der Waals surface area contributed by atoms with Crippen LogP contribution in [0.15, 0.2) is 47.4 Å². The van der Waals surface area contributed by atoms with Gasteiger partial charge in [-0.25, -0.2) is 8.42 Å². The lowest BCUT2D eigenvalue weighted by atomic mass is 9.96. The highest BCUT2D eigenvalue weighted by molar-refractivity contribution is 7.89. The topological polar surface area (TPSA) is 84.9 Å². The molecule has 1 aliphatic heterocycles. The van der Waals surface area contributed by atoms with Crippen LogP contribution in [0.5, 0.6) is 11.5 Å². The van der Waals surface area contributed by atoms with E-state index in [2.05, 4.69) is 5.32 Å². The summed E-state index contributed by atoms with van der Waals surface area (Å²) in [5.41, 5.74) is 1.93. The minimum Gasteiger partial charge on any atom is -0.497 e. The molecule has 0 aromatic heterocycles. The van der Waals surface area contributed by atoms with E-state index in [1.54, 1.807) is 19.2 Å². The fraction of sp³-hybridized carbons (Fsp3) is 0.480. The van der Waals surface area contributed by atoms with Gasteiger partial charge >= 0.3 is 0 Å². The number of methoxy groups -OCH3 is 2. The van der Waals surface area contributed by atoms with Gasteiger partial charge in [-0.15, -0.1) is 0 Å². The van der Waals surface area contributed by atoms with Gasteiger partial charge in [0.2, 0.25) is 15.9 Å². The molecule has 2 aromatic rings. The highest BCUT2D eigenvalue weighted by Crippen LogP contribution is 2.32. The van der Waals surface area contributed by atoms with E-state index in [1.807, 2.05) is 51.1 Å². The Kier molecular flexibility index (Phi) is 8.02. The second-order valence-electron chi connectivity index (χ2n) is 8.75. The Morgan fingerprint density at radius 3 is 2.12 bits per heavy atom. The maximum absolute atomic E-state index is 13.4. The van der Waals surface area contributed by atoms with Crippen molar-refractivity contribution in [2.24, 2.45) is 5.92 Å². The summed E-state index contributed by atoms with van der Waals surface area (Å²) >= 11 is 0. The number of carbonyl (C=O) groups excluding carboxylic acids is 1. The van der Waals surface area contributed by atoms with Crippen LogP contribution < -0.4 is 14.8 Å². The Labute approximate surface area is 197 Å². The molecule has 0 aliphatic carbocycles.